The van der Waals surface area contributed by atoms with Crippen molar-refractivity contribution in [1.29, 1.82) is 0 Å². The van der Waals surface area contributed by atoms with Crippen LogP contribution in [0.3, 0.4) is 0 Å². The smallest absolute Gasteiger partial charge is 0.299 e. The fraction of sp³-hybridized carbons (Fsp3) is 0.308. The second kappa shape index (κ2) is 4.45. The van der Waals surface area contributed by atoms with E-state index in [1.807, 2.05) is 0 Å². The summed E-state index contributed by atoms with van der Waals surface area (Å²) in [6.07, 6.45) is 1.97. The SMILES string of the molecule is O=C(CN1C(=O)C(=O)c2cccc(Br)c21)NC1CC1. The Labute approximate surface area is 118 Å². The maximum atomic E-state index is 11.9. The molecule has 1 N–H and O–H groups in total. The number of rotatable bonds is 3. The summed E-state index contributed by atoms with van der Waals surface area (Å²) in [5, 5.41) is 2.81. The van der Waals surface area contributed by atoms with Gasteiger partial charge in [-0.05, 0) is 40.9 Å². The first-order valence-corrected chi connectivity index (χ1v) is 6.81. The van der Waals surface area contributed by atoms with Crippen molar-refractivity contribution in [2.45, 2.75) is 18.9 Å². The predicted octanol–water partition coefficient (Wildman–Crippen LogP) is 1.26. The van der Waals surface area contributed by atoms with Gasteiger partial charge in [0.2, 0.25) is 5.91 Å². The maximum absolute atomic E-state index is 11.9. The van der Waals surface area contributed by atoms with Crippen LogP contribution in [0.2, 0.25) is 0 Å². The molecule has 1 aromatic rings. The zero-order chi connectivity index (χ0) is 13.6. The molecule has 0 aromatic heterocycles. The number of halogens is 1. The molecule has 0 radical (unpaired) electrons. The Bertz CT molecular complexity index is 596. The van der Waals surface area contributed by atoms with Gasteiger partial charge >= 0.3 is 0 Å². The second-order valence-corrected chi connectivity index (χ2v) is 5.55. The summed E-state index contributed by atoms with van der Waals surface area (Å²) in [4.78, 5) is 36.8. The molecule has 19 heavy (non-hydrogen) atoms. The molecule has 0 saturated heterocycles. The van der Waals surface area contributed by atoms with Crippen molar-refractivity contribution in [1.82, 2.24) is 5.32 Å². The number of anilines is 1. The fourth-order valence-electron chi connectivity index (χ4n) is 2.11. The summed E-state index contributed by atoms with van der Waals surface area (Å²) < 4.78 is 0.642. The Hall–Kier alpha value is -1.69. The number of nitrogens with zero attached hydrogens (tertiary/aromatic N) is 1. The van der Waals surface area contributed by atoms with Crippen molar-refractivity contribution in [2.75, 3.05) is 11.4 Å². The summed E-state index contributed by atoms with van der Waals surface area (Å²) in [5.41, 5.74) is 0.835. The van der Waals surface area contributed by atoms with Crippen LogP contribution in [0.1, 0.15) is 23.2 Å². The number of carbonyl (C=O) groups is 3. The van der Waals surface area contributed by atoms with Crippen LogP contribution in [-0.4, -0.2) is 30.2 Å². The molecule has 3 rings (SSSR count). The molecule has 0 bridgehead atoms. The molecule has 0 atom stereocenters. The molecule has 5 nitrogen and oxygen atoms in total. The third kappa shape index (κ3) is 2.16. The lowest BCUT2D eigenvalue weighted by atomic mass is 10.1. The van der Waals surface area contributed by atoms with Crippen LogP contribution in [-0.2, 0) is 9.59 Å². The highest BCUT2D eigenvalue weighted by molar-refractivity contribution is 9.10. The number of benzene rings is 1. The largest absolute Gasteiger partial charge is 0.352 e. The lowest BCUT2D eigenvalue weighted by molar-refractivity contribution is -0.122. The highest BCUT2D eigenvalue weighted by Crippen LogP contribution is 2.35. The number of carbonyl (C=O) groups excluding carboxylic acids is 3. The average molecular weight is 323 g/mol. The zero-order valence-electron chi connectivity index (χ0n) is 9.98. The third-order valence-corrected chi connectivity index (χ3v) is 3.82. The molecule has 2 amide bonds. The van der Waals surface area contributed by atoms with E-state index in [-0.39, 0.29) is 18.5 Å². The molecule has 0 spiro atoms. The van der Waals surface area contributed by atoms with Crippen molar-refractivity contribution in [3.05, 3.63) is 28.2 Å². The molecule has 0 unspecified atom stereocenters. The van der Waals surface area contributed by atoms with Crippen LogP contribution >= 0.6 is 15.9 Å². The minimum absolute atomic E-state index is 0.114. The van der Waals surface area contributed by atoms with Gasteiger partial charge in [0.15, 0.2) is 0 Å². The minimum Gasteiger partial charge on any atom is -0.352 e. The van der Waals surface area contributed by atoms with Gasteiger partial charge < -0.3 is 5.32 Å². The van der Waals surface area contributed by atoms with E-state index < -0.39 is 11.7 Å². The number of para-hydroxylation sites is 1. The first kappa shape index (κ1) is 12.3. The minimum atomic E-state index is -0.646. The van der Waals surface area contributed by atoms with Gasteiger partial charge in [-0.3, -0.25) is 19.3 Å². The molecule has 2 aliphatic rings. The van der Waals surface area contributed by atoms with Gasteiger partial charge in [-0.25, -0.2) is 0 Å². The number of hydrogen-bond donors (Lipinski definition) is 1. The van der Waals surface area contributed by atoms with E-state index in [2.05, 4.69) is 21.2 Å². The van der Waals surface area contributed by atoms with Crippen LogP contribution in [0.15, 0.2) is 22.7 Å². The number of fused-ring (bicyclic) bond motifs is 1. The predicted molar refractivity (Wildman–Crippen MR) is 72.0 cm³/mol. The summed E-state index contributed by atoms with van der Waals surface area (Å²) in [6, 6.07) is 5.27. The molecule has 6 heteroatoms. The van der Waals surface area contributed by atoms with Gasteiger partial charge in [0.25, 0.3) is 11.7 Å². The monoisotopic (exact) mass is 322 g/mol. The van der Waals surface area contributed by atoms with E-state index in [0.717, 1.165) is 12.8 Å². The van der Waals surface area contributed by atoms with Crippen molar-refractivity contribution < 1.29 is 14.4 Å². The summed E-state index contributed by atoms with van der Waals surface area (Å²) in [6.45, 7) is -0.114. The Morgan fingerprint density at radius 2 is 2.11 bits per heavy atom. The van der Waals surface area contributed by atoms with Crippen LogP contribution in [0.5, 0.6) is 0 Å². The molecule has 1 heterocycles. The molecule has 1 aliphatic carbocycles. The lowest BCUT2D eigenvalue weighted by Crippen LogP contribution is -2.40. The molecule has 1 fully saturated rings. The fourth-order valence-corrected chi connectivity index (χ4v) is 2.69. The number of Topliss-reactive ketones (excluding diaryl/α,β-unsaturated/α-hetero) is 1. The van der Waals surface area contributed by atoms with Crippen molar-refractivity contribution in [3.8, 4) is 0 Å². The highest BCUT2D eigenvalue weighted by atomic mass is 79.9. The third-order valence-electron chi connectivity index (χ3n) is 3.18. The topological polar surface area (TPSA) is 66.5 Å². The van der Waals surface area contributed by atoms with E-state index in [0.29, 0.717) is 15.7 Å². The number of nitrogens with one attached hydrogen (secondary N) is 1. The van der Waals surface area contributed by atoms with Crippen LogP contribution in [0.4, 0.5) is 5.69 Å². The first-order valence-electron chi connectivity index (χ1n) is 6.02. The van der Waals surface area contributed by atoms with E-state index in [1.165, 1.54) is 4.90 Å². The number of ketones is 1. The van der Waals surface area contributed by atoms with Gasteiger partial charge in [-0.2, -0.15) is 0 Å². The van der Waals surface area contributed by atoms with Crippen LogP contribution in [0, 0.1) is 0 Å². The Kier molecular flexibility index (Phi) is 2.89. The zero-order valence-corrected chi connectivity index (χ0v) is 11.6. The highest BCUT2D eigenvalue weighted by Gasteiger charge is 2.38. The normalized spacial score (nSPS) is 17.6. The second-order valence-electron chi connectivity index (χ2n) is 4.70. The average Bonchev–Trinajstić information content (AvgIpc) is 3.14. The molecule has 98 valence electrons. The number of amides is 2. The molecule has 1 aromatic carbocycles. The van der Waals surface area contributed by atoms with E-state index in [1.54, 1.807) is 18.2 Å². The Balaban J connectivity index is 1.87. The first-order chi connectivity index (χ1) is 9.08. The molecular formula is C13H11BrN2O3. The van der Waals surface area contributed by atoms with Crippen molar-refractivity contribution >= 4 is 39.2 Å². The van der Waals surface area contributed by atoms with Gasteiger partial charge in [0, 0.05) is 10.5 Å². The quantitative estimate of drug-likeness (QED) is 0.852. The standard InChI is InChI=1S/C13H11BrN2O3/c14-9-3-1-2-8-11(9)16(13(19)12(8)18)6-10(17)15-7-4-5-7/h1-3,7H,4-6H2,(H,15,17). The Morgan fingerprint density at radius 3 is 2.79 bits per heavy atom. The number of hydrogen-bond acceptors (Lipinski definition) is 3. The van der Waals surface area contributed by atoms with E-state index in [9.17, 15) is 14.4 Å². The summed E-state index contributed by atoms with van der Waals surface area (Å²) in [7, 11) is 0. The maximum Gasteiger partial charge on any atom is 0.299 e. The van der Waals surface area contributed by atoms with Crippen LogP contribution < -0.4 is 10.2 Å². The molecule has 1 saturated carbocycles. The van der Waals surface area contributed by atoms with E-state index >= 15 is 0 Å². The van der Waals surface area contributed by atoms with Gasteiger partial charge in [0.05, 0.1) is 11.3 Å². The van der Waals surface area contributed by atoms with Gasteiger partial charge in [-0.15, -0.1) is 0 Å². The van der Waals surface area contributed by atoms with Crippen LogP contribution in [0.25, 0.3) is 0 Å². The molecule has 1 aliphatic heterocycles. The molecular weight excluding hydrogens is 312 g/mol. The van der Waals surface area contributed by atoms with Gasteiger partial charge in [0.1, 0.15) is 6.54 Å². The van der Waals surface area contributed by atoms with Gasteiger partial charge in [-0.1, -0.05) is 6.07 Å². The summed E-state index contributed by atoms with van der Waals surface area (Å²) >= 11 is 3.32. The van der Waals surface area contributed by atoms with Crippen molar-refractivity contribution in [2.24, 2.45) is 0 Å². The lowest BCUT2D eigenvalue weighted by Gasteiger charge is -2.17. The van der Waals surface area contributed by atoms with Crippen molar-refractivity contribution in [3.63, 3.8) is 0 Å². The van der Waals surface area contributed by atoms with E-state index in [4.69, 9.17) is 0 Å². The summed E-state index contributed by atoms with van der Waals surface area (Å²) in [5.74, 6) is -1.43. The Morgan fingerprint density at radius 1 is 1.37 bits per heavy atom.